The number of nitrogens with one attached hydrogen (secondary N) is 2. The van der Waals surface area contributed by atoms with Gasteiger partial charge in [0.05, 0.1) is 6.54 Å². The summed E-state index contributed by atoms with van der Waals surface area (Å²) in [5.41, 5.74) is 1.02. The molecule has 9 heteroatoms. The van der Waals surface area contributed by atoms with Crippen LogP contribution in [0.5, 0.6) is 0 Å². The number of rotatable bonds is 5. The van der Waals surface area contributed by atoms with Gasteiger partial charge in [-0.25, -0.2) is 4.98 Å². The molecule has 2 amide bonds. The van der Waals surface area contributed by atoms with Crippen molar-refractivity contribution in [3.63, 3.8) is 0 Å². The summed E-state index contributed by atoms with van der Waals surface area (Å²) in [6, 6.07) is 7.35. The van der Waals surface area contributed by atoms with Crippen LogP contribution in [0.25, 0.3) is 0 Å². The fourth-order valence-electron chi connectivity index (χ4n) is 3.05. The van der Waals surface area contributed by atoms with Crippen LogP contribution < -0.4 is 10.6 Å². The third-order valence-electron chi connectivity index (χ3n) is 4.34. The lowest BCUT2D eigenvalue weighted by molar-refractivity contribution is -0.124. The van der Waals surface area contributed by atoms with E-state index < -0.39 is 0 Å². The van der Waals surface area contributed by atoms with Gasteiger partial charge in [-0.15, -0.1) is 11.3 Å². The van der Waals surface area contributed by atoms with Crippen molar-refractivity contribution >= 4 is 45.6 Å². The number of anilines is 2. The molecule has 1 aromatic heterocycles. The molecule has 0 saturated carbocycles. The Hall–Kier alpha value is -2.16. The van der Waals surface area contributed by atoms with Crippen molar-refractivity contribution in [2.24, 2.45) is 0 Å². The van der Waals surface area contributed by atoms with E-state index in [0.29, 0.717) is 48.6 Å². The predicted octanol–water partition coefficient (Wildman–Crippen LogP) is 3.21. The molecule has 2 N–H and O–H groups in total. The summed E-state index contributed by atoms with van der Waals surface area (Å²) < 4.78 is 0. The molecule has 0 aliphatic carbocycles. The van der Waals surface area contributed by atoms with Crippen LogP contribution in [0.3, 0.4) is 0 Å². The summed E-state index contributed by atoms with van der Waals surface area (Å²) in [5, 5.41) is 9.18. The minimum absolute atomic E-state index is 0.00788. The number of carbonyl (C=O) groups excluding carboxylic acids is 2. The number of benzene rings is 1. The number of hydrogen-bond donors (Lipinski definition) is 2. The van der Waals surface area contributed by atoms with Crippen molar-refractivity contribution in [2.75, 3.05) is 38.0 Å². The molecule has 29 heavy (non-hydrogen) atoms. The van der Waals surface area contributed by atoms with Crippen LogP contribution in [-0.2, 0) is 4.79 Å². The van der Waals surface area contributed by atoms with Crippen molar-refractivity contribution in [1.29, 1.82) is 0 Å². The van der Waals surface area contributed by atoms with Crippen molar-refractivity contribution < 1.29 is 9.59 Å². The predicted molar refractivity (Wildman–Crippen MR) is 117 cm³/mol. The van der Waals surface area contributed by atoms with Crippen molar-refractivity contribution in [2.45, 2.75) is 26.3 Å². The number of hydrogen-bond acceptors (Lipinski definition) is 6. The lowest BCUT2D eigenvalue weighted by Gasteiger charge is -2.34. The normalized spacial score (nSPS) is 15.2. The lowest BCUT2D eigenvalue weighted by Crippen LogP contribution is -2.52. The van der Waals surface area contributed by atoms with Crippen molar-refractivity contribution in [3.05, 3.63) is 40.4 Å². The average Bonchev–Trinajstić information content (AvgIpc) is 3.08. The van der Waals surface area contributed by atoms with Gasteiger partial charge in [0.15, 0.2) is 5.13 Å². The maximum atomic E-state index is 12.8. The van der Waals surface area contributed by atoms with Gasteiger partial charge in [0, 0.05) is 47.8 Å². The Morgan fingerprint density at radius 2 is 1.93 bits per heavy atom. The van der Waals surface area contributed by atoms with Gasteiger partial charge in [-0.3, -0.25) is 14.5 Å². The molecule has 1 aliphatic heterocycles. The zero-order valence-corrected chi connectivity index (χ0v) is 18.4. The van der Waals surface area contributed by atoms with Gasteiger partial charge in [0.25, 0.3) is 5.91 Å². The third kappa shape index (κ3) is 6.42. The Bertz CT molecular complexity index is 872. The summed E-state index contributed by atoms with van der Waals surface area (Å²) in [4.78, 5) is 33.1. The van der Waals surface area contributed by atoms with E-state index >= 15 is 0 Å². The Balaban J connectivity index is 1.51. The average molecular weight is 436 g/mol. The second-order valence-corrected chi connectivity index (χ2v) is 9.33. The van der Waals surface area contributed by atoms with Gasteiger partial charge in [0.1, 0.15) is 5.69 Å². The largest absolute Gasteiger partial charge is 0.350 e. The number of amides is 2. The molecular formula is C20H26ClN5O2S. The first-order chi connectivity index (χ1) is 13.7. The molecule has 0 bridgehead atoms. The van der Waals surface area contributed by atoms with E-state index in [1.807, 2.05) is 32.9 Å². The standard InChI is InChI=1S/C20H26ClN5O2S/c1-20(2,3)24-17(27)12-25-7-9-26(10-8-25)18(28)16-13-29-19(23-16)22-15-6-4-5-14(21)11-15/h4-6,11,13H,7-10,12H2,1-3H3,(H,22,23)(H,24,27). The molecule has 156 valence electrons. The molecule has 1 aliphatic rings. The highest BCUT2D eigenvalue weighted by molar-refractivity contribution is 7.14. The van der Waals surface area contributed by atoms with Crippen LogP contribution in [-0.4, -0.2) is 64.9 Å². The van der Waals surface area contributed by atoms with Gasteiger partial charge in [-0.2, -0.15) is 0 Å². The summed E-state index contributed by atoms with van der Waals surface area (Å²) >= 11 is 7.38. The lowest BCUT2D eigenvalue weighted by atomic mass is 10.1. The van der Waals surface area contributed by atoms with E-state index in [2.05, 4.69) is 20.5 Å². The second kappa shape index (κ2) is 9.11. The zero-order valence-electron chi connectivity index (χ0n) is 16.9. The van der Waals surface area contributed by atoms with Gasteiger partial charge in [0.2, 0.25) is 5.91 Å². The monoisotopic (exact) mass is 435 g/mol. The molecule has 2 heterocycles. The number of thiazole rings is 1. The smallest absolute Gasteiger partial charge is 0.273 e. The maximum absolute atomic E-state index is 12.8. The van der Waals surface area contributed by atoms with Crippen LogP contribution in [0.1, 0.15) is 31.3 Å². The Kier molecular flexibility index (Phi) is 6.77. The molecule has 0 atom stereocenters. The van der Waals surface area contributed by atoms with Crippen LogP contribution in [0.15, 0.2) is 29.6 Å². The van der Waals surface area contributed by atoms with Crippen LogP contribution in [0.2, 0.25) is 5.02 Å². The molecule has 0 unspecified atom stereocenters. The highest BCUT2D eigenvalue weighted by atomic mass is 35.5. The first-order valence-corrected chi connectivity index (χ1v) is 10.8. The first kappa shape index (κ1) is 21.5. The molecule has 3 rings (SSSR count). The molecule has 1 aromatic carbocycles. The van der Waals surface area contributed by atoms with E-state index in [4.69, 9.17) is 11.6 Å². The highest BCUT2D eigenvalue weighted by Crippen LogP contribution is 2.23. The summed E-state index contributed by atoms with van der Waals surface area (Å²) in [5.74, 6) is -0.0762. The Labute approximate surface area is 180 Å². The van der Waals surface area contributed by atoms with E-state index in [0.717, 1.165) is 5.69 Å². The fourth-order valence-corrected chi connectivity index (χ4v) is 3.95. The first-order valence-electron chi connectivity index (χ1n) is 9.50. The van der Waals surface area contributed by atoms with Crippen LogP contribution in [0.4, 0.5) is 10.8 Å². The van der Waals surface area contributed by atoms with Gasteiger partial charge < -0.3 is 15.5 Å². The molecule has 1 saturated heterocycles. The number of piperazine rings is 1. The van der Waals surface area contributed by atoms with E-state index in [-0.39, 0.29) is 17.4 Å². The minimum atomic E-state index is -0.240. The van der Waals surface area contributed by atoms with E-state index in [1.165, 1.54) is 11.3 Å². The number of aromatic nitrogens is 1. The van der Waals surface area contributed by atoms with Crippen LogP contribution >= 0.6 is 22.9 Å². The van der Waals surface area contributed by atoms with Gasteiger partial charge in [-0.1, -0.05) is 17.7 Å². The zero-order chi connectivity index (χ0) is 21.0. The number of nitrogens with zero attached hydrogens (tertiary/aromatic N) is 3. The Morgan fingerprint density at radius 1 is 1.21 bits per heavy atom. The summed E-state index contributed by atoms with van der Waals surface area (Å²) in [7, 11) is 0. The molecule has 2 aromatic rings. The third-order valence-corrected chi connectivity index (χ3v) is 5.33. The maximum Gasteiger partial charge on any atom is 0.273 e. The fraction of sp³-hybridized carbons (Fsp3) is 0.450. The van der Waals surface area contributed by atoms with E-state index in [9.17, 15) is 9.59 Å². The minimum Gasteiger partial charge on any atom is -0.350 e. The number of halogens is 1. The molecule has 0 spiro atoms. The van der Waals surface area contributed by atoms with Gasteiger partial charge >= 0.3 is 0 Å². The van der Waals surface area contributed by atoms with Gasteiger partial charge in [-0.05, 0) is 39.0 Å². The Morgan fingerprint density at radius 3 is 2.59 bits per heavy atom. The molecule has 1 fully saturated rings. The topological polar surface area (TPSA) is 77.6 Å². The van der Waals surface area contributed by atoms with Crippen LogP contribution in [0, 0.1) is 0 Å². The quantitative estimate of drug-likeness (QED) is 0.754. The number of carbonyl (C=O) groups is 2. The SMILES string of the molecule is CC(C)(C)NC(=O)CN1CCN(C(=O)c2csc(Nc3cccc(Cl)c3)n2)CC1. The summed E-state index contributed by atoms with van der Waals surface area (Å²) in [6.45, 7) is 8.73. The summed E-state index contributed by atoms with van der Waals surface area (Å²) in [6.07, 6.45) is 0. The second-order valence-electron chi connectivity index (χ2n) is 8.04. The molecule has 0 radical (unpaired) electrons. The van der Waals surface area contributed by atoms with Crippen molar-refractivity contribution in [1.82, 2.24) is 20.1 Å². The molecular weight excluding hydrogens is 410 g/mol. The molecule has 7 nitrogen and oxygen atoms in total. The highest BCUT2D eigenvalue weighted by Gasteiger charge is 2.25. The van der Waals surface area contributed by atoms with Crippen molar-refractivity contribution in [3.8, 4) is 0 Å². The van der Waals surface area contributed by atoms with E-state index in [1.54, 1.807) is 22.4 Å².